The molecule has 0 bridgehead atoms. The smallest absolute Gasteiger partial charge is 0.283 e. The summed E-state index contributed by atoms with van der Waals surface area (Å²) in [5.41, 5.74) is 10.9. The highest BCUT2D eigenvalue weighted by Crippen LogP contribution is 2.36. The number of nitrogens with two attached hydrogens (primary N) is 1. The predicted octanol–water partition coefficient (Wildman–Crippen LogP) is 3.18. The van der Waals surface area contributed by atoms with E-state index in [4.69, 9.17) is 19.9 Å². The van der Waals surface area contributed by atoms with Crippen LogP contribution >= 0.6 is 11.3 Å². The molecule has 36 heavy (non-hydrogen) atoms. The Labute approximate surface area is 211 Å². The summed E-state index contributed by atoms with van der Waals surface area (Å²) in [6, 6.07) is 10.8. The molecule has 0 saturated heterocycles. The quantitative estimate of drug-likeness (QED) is 0.250. The fourth-order valence-corrected chi connectivity index (χ4v) is 4.85. The van der Waals surface area contributed by atoms with Crippen LogP contribution in [0, 0.1) is 6.92 Å². The molecule has 0 aliphatic carbocycles. The van der Waals surface area contributed by atoms with Gasteiger partial charge in [0.2, 0.25) is 0 Å². The fraction of sp³-hybridized carbons (Fsp3) is 0.200. The van der Waals surface area contributed by atoms with E-state index in [1.165, 1.54) is 24.7 Å². The summed E-state index contributed by atoms with van der Waals surface area (Å²) in [5, 5.41) is 4.99. The minimum atomic E-state index is -0.592. The number of nitrogens with zero attached hydrogens (tertiary/aromatic N) is 3. The van der Waals surface area contributed by atoms with E-state index < -0.39 is 5.91 Å². The summed E-state index contributed by atoms with van der Waals surface area (Å²) in [5.74, 6) is -0.190. The Bertz CT molecular complexity index is 1430. The van der Waals surface area contributed by atoms with E-state index in [-0.39, 0.29) is 12.5 Å². The third-order valence-electron chi connectivity index (χ3n) is 5.15. The lowest BCUT2D eigenvalue weighted by Crippen LogP contribution is -2.20. The van der Waals surface area contributed by atoms with Crippen molar-refractivity contribution in [3.63, 3.8) is 0 Å². The molecule has 4 aromatic rings. The number of benzene rings is 1. The zero-order valence-electron chi connectivity index (χ0n) is 20.0. The predicted molar refractivity (Wildman–Crippen MR) is 137 cm³/mol. The topological polar surface area (TPSA) is 130 Å². The van der Waals surface area contributed by atoms with Gasteiger partial charge in [-0.3, -0.25) is 9.59 Å². The Morgan fingerprint density at radius 2 is 1.97 bits per heavy atom. The highest BCUT2D eigenvalue weighted by Gasteiger charge is 2.23. The Morgan fingerprint density at radius 3 is 2.67 bits per heavy atom. The summed E-state index contributed by atoms with van der Waals surface area (Å²) in [6.45, 7) is 2.04. The Balaban J connectivity index is 1.62. The van der Waals surface area contributed by atoms with Crippen LogP contribution in [0.1, 0.15) is 26.5 Å². The van der Waals surface area contributed by atoms with Crippen molar-refractivity contribution in [2.45, 2.75) is 13.5 Å². The monoisotopic (exact) mass is 507 g/mol. The molecule has 3 N–H and O–H groups in total. The zero-order chi connectivity index (χ0) is 25.7. The van der Waals surface area contributed by atoms with Crippen molar-refractivity contribution in [2.75, 3.05) is 20.8 Å². The normalized spacial score (nSPS) is 11.2. The first-order valence-corrected chi connectivity index (χ1v) is 11.7. The number of thiophene rings is 1. The van der Waals surface area contributed by atoms with Crippen molar-refractivity contribution < 1.29 is 23.8 Å². The summed E-state index contributed by atoms with van der Waals surface area (Å²) in [4.78, 5) is 30.1. The van der Waals surface area contributed by atoms with E-state index >= 15 is 0 Å². The van der Waals surface area contributed by atoms with Gasteiger partial charge >= 0.3 is 0 Å². The molecule has 4 rings (SSSR count). The lowest BCUT2D eigenvalue weighted by molar-refractivity contribution is -0.119. The van der Waals surface area contributed by atoms with Gasteiger partial charge in [-0.2, -0.15) is 5.10 Å². The van der Waals surface area contributed by atoms with E-state index in [0.29, 0.717) is 28.5 Å². The van der Waals surface area contributed by atoms with Crippen LogP contribution in [0.3, 0.4) is 0 Å². The molecule has 0 fully saturated rings. The lowest BCUT2D eigenvalue weighted by atomic mass is 10.1. The van der Waals surface area contributed by atoms with Gasteiger partial charge in [0.15, 0.2) is 18.1 Å². The Hall–Kier alpha value is -4.22. The molecular weight excluding hydrogens is 482 g/mol. The van der Waals surface area contributed by atoms with Gasteiger partial charge in [0.1, 0.15) is 9.71 Å². The molecule has 11 heteroatoms. The first-order chi connectivity index (χ1) is 17.4. The number of amides is 2. The van der Waals surface area contributed by atoms with Crippen molar-refractivity contribution in [3.8, 4) is 17.2 Å². The lowest BCUT2D eigenvalue weighted by Gasteiger charge is -2.10. The van der Waals surface area contributed by atoms with Crippen LogP contribution in [0.15, 0.2) is 53.9 Å². The molecule has 0 radical (unpaired) electrons. The average molecular weight is 508 g/mol. The second-order valence-electron chi connectivity index (χ2n) is 7.77. The van der Waals surface area contributed by atoms with Gasteiger partial charge in [-0.15, -0.1) is 11.3 Å². The number of ether oxygens (including phenoxy) is 3. The summed E-state index contributed by atoms with van der Waals surface area (Å²) in [7, 11) is 3.12. The van der Waals surface area contributed by atoms with Gasteiger partial charge in [-0.25, -0.2) is 10.4 Å². The summed E-state index contributed by atoms with van der Waals surface area (Å²) >= 11 is 1.30. The molecule has 186 valence electrons. The molecule has 0 aliphatic rings. The van der Waals surface area contributed by atoms with Gasteiger partial charge in [-0.05, 0) is 54.4 Å². The second kappa shape index (κ2) is 11.0. The van der Waals surface area contributed by atoms with Gasteiger partial charge < -0.3 is 24.5 Å². The number of carbonyl (C=O) groups excluding carboxylic acids is 2. The van der Waals surface area contributed by atoms with Gasteiger partial charge in [0.25, 0.3) is 11.8 Å². The number of hydrogen-bond donors (Lipinski definition) is 2. The molecule has 0 saturated carbocycles. The van der Waals surface area contributed by atoms with Crippen molar-refractivity contribution in [1.29, 1.82) is 0 Å². The van der Waals surface area contributed by atoms with E-state index in [0.717, 1.165) is 27.2 Å². The van der Waals surface area contributed by atoms with Gasteiger partial charge in [0, 0.05) is 30.6 Å². The minimum absolute atomic E-state index is 0.265. The molecule has 0 atom stereocenters. The molecule has 3 aromatic heterocycles. The SMILES string of the molecule is COCc1cc(C)nc2sc(C(=O)N/N=C/c3ccc(OCC(N)=O)c(OC)c3)c(-n3cccc3)c12. The summed E-state index contributed by atoms with van der Waals surface area (Å²) < 4.78 is 17.9. The number of fused-ring (bicyclic) bond motifs is 1. The van der Waals surface area contributed by atoms with E-state index in [2.05, 4.69) is 15.5 Å². The molecule has 10 nitrogen and oxygen atoms in total. The average Bonchev–Trinajstić information content (AvgIpc) is 3.51. The van der Waals surface area contributed by atoms with Crippen molar-refractivity contribution in [1.82, 2.24) is 15.0 Å². The number of hydrogen-bond acceptors (Lipinski definition) is 8. The fourth-order valence-electron chi connectivity index (χ4n) is 3.70. The number of rotatable bonds is 10. The Kier molecular flexibility index (Phi) is 7.62. The van der Waals surface area contributed by atoms with Crippen LogP contribution < -0.4 is 20.6 Å². The molecule has 2 amide bonds. The van der Waals surface area contributed by atoms with E-state index in [9.17, 15) is 9.59 Å². The van der Waals surface area contributed by atoms with Crippen LogP contribution in [-0.2, 0) is 16.1 Å². The van der Waals surface area contributed by atoms with Gasteiger partial charge in [0.05, 0.1) is 25.6 Å². The van der Waals surface area contributed by atoms with Crippen LogP contribution in [0.5, 0.6) is 11.5 Å². The van der Waals surface area contributed by atoms with Crippen LogP contribution in [0.25, 0.3) is 15.9 Å². The zero-order valence-corrected chi connectivity index (χ0v) is 20.8. The Morgan fingerprint density at radius 1 is 1.19 bits per heavy atom. The molecule has 0 unspecified atom stereocenters. The number of hydrazone groups is 1. The van der Waals surface area contributed by atoms with Crippen molar-refractivity contribution >= 4 is 39.6 Å². The number of methoxy groups -OCH3 is 2. The third kappa shape index (κ3) is 5.37. The van der Waals surface area contributed by atoms with Crippen LogP contribution in [-0.4, -0.2) is 48.4 Å². The first-order valence-electron chi connectivity index (χ1n) is 10.9. The van der Waals surface area contributed by atoms with E-state index in [1.54, 1.807) is 25.3 Å². The highest BCUT2D eigenvalue weighted by atomic mass is 32.1. The number of aromatic nitrogens is 2. The maximum Gasteiger partial charge on any atom is 0.283 e. The number of carbonyl (C=O) groups is 2. The molecule has 3 heterocycles. The number of primary amides is 1. The standard InChI is InChI=1S/C25H25N5O5S/c1-15-10-17(13-33-2)21-22(30-8-4-5-9-30)23(36-25(21)28-15)24(32)29-27-12-16-6-7-18(19(11-16)34-3)35-14-20(26)31/h4-12H,13-14H2,1-3H3,(H2,26,31)(H,29,32)/b27-12+. The molecular formula is C25H25N5O5S. The van der Waals surface area contributed by atoms with Crippen LogP contribution in [0.4, 0.5) is 0 Å². The highest BCUT2D eigenvalue weighted by molar-refractivity contribution is 7.21. The van der Waals surface area contributed by atoms with Gasteiger partial charge in [-0.1, -0.05) is 0 Å². The number of aryl methyl sites for hydroxylation is 1. The van der Waals surface area contributed by atoms with E-state index in [1.807, 2.05) is 42.1 Å². The minimum Gasteiger partial charge on any atom is -0.493 e. The van der Waals surface area contributed by atoms with Crippen molar-refractivity contribution in [2.24, 2.45) is 10.8 Å². The number of nitrogens with one attached hydrogen (secondary N) is 1. The molecule has 1 aromatic carbocycles. The van der Waals surface area contributed by atoms with Crippen molar-refractivity contribution in [3.05, 3.63) is 70.5 Å². The largest absolute Gasteiger partial charge is 0.493 e. The maximum absolute atomic E-state index is 13.2. The third-order valence-corrected chi connectivity index (χ3v) is 6.22. The first kappa shape index (κ1) is 24.9. The summed E-state index contributed by atoms with van der Waals surface area (Å²) in [6.07, 6.45) is 5.25. The van der Waals surface area contributed by atoms with Crippen LogP contribution in [0.2, 0.25) is 0 Å². The maximum atomic E-state index is 13.2. The molecule has 0 aliphatic heterocycles. The second-order valence-corrected chi connectivity index (χ2v) is 8.77. The number of pyridine rings is 1. The molecule has 0 spiro atoms.